The Morgan fingerprint density at radius 2 is 1.61 bits per heavy atom. The maximum absolute atomic E-state index is 12.8. The van der Waals surface area contributed by atoms with Gasteiger partial charge in [-0.2, -0.15) is 0 Å². The van der Waals surface area contributed by atoms with Crippen LogP contribution in [0, 0.1) is 0 Å². The van der Waals surface area contributed by atoms with E-state index in [1.165, 1.54) is 11.8 Å². The zero-order chi connectivity index (χ0) is 26.5. The van der Waals surface area contributed by atoms with Crippen molar-refractivity contribution in [3.8, 4) is 11.5 Å². The van der Waals surface area contributed by atoms with Crippen LogP contribution in [-0.2, 0) is 4.79 Å². The van der Waals surface area contributed by atoms with Crippen molar-refractivity contribution in [3.05, 3.63) is 87.9 Å². The molecule has 4 aromatic rings. The van der Waals surface area contributed by atoms with Crippen molar-refractivity contribution in [2.24, 2.45) is 0 Å². The molecule has 0 aliphatic carbocycles. The van der Waals surface area contributed by atoms with Crippen LogP contribution in [-0.4, -0.2) is 58.8 Å². The maximum Gasteiger partial charge on any atom is 0.277 e. The molecule has 1 aliphatic heterocycles. The molecule has 1 saturated heterocycles. The monoisotopic (exact) mass is 611 g/mol. The summed E-state index contributed by atoms with van der Waals surface area (Å²) in [7, 11) is 0. The van der Waals surface area contributed by atoms with Crippen LogP contribution in [0.3, 0.4) is 0 Å². The van der Waals surface area contributed by atoms with Crippen molar-refractivity contribution in [2.75, 3.05) is 42.1 Å². The second kappa shape index (κ2) is 12.0. The summed E-state index contributed by atoms with van der Waals surface area (Å²) >= 11 is 10.5. The molecule has 38 heavy (non-hydrogen) atoms. The number of thioether (sulfide) groups is 1. The predicted molar refractivity (Wildman–Crippen MR) is 153 cm³/mol. The lowest BCUT2D eigenvalue weighted by molar-refractivity contribution is -0.113. The first kappa shape index (κ1) is 26.3. The van der Waals surface area contributed by atoms with Crippen LogP contribution in [0.25, 0.3) is 11.5 Å². The molecule has 1 aliphatic rings. The fourth-order valence-corrected chi connectivity index (χ4v) is 4.95. The third-order valence-electron chi connectivity index (χ3n) is 6.00. The molecule has 8 nitrogen and oxygen atoms in total. The third-order valence-corrected chi connectivity index (χ3v) is 7.60. The number of piperazine rings is 1. The SMILES string of the molecule is O=C(CSc1nnc(-c2ccc(Cl)cc2)o1)Nc1ccc(N2CCN(C(=O)c3ccc(Br)cc3)CC2)cc1. The van der Waals surface area contributed by atoms with Gasteiger partial charge in [-0.3, -0.25) is 9.59 Å². The highest BCUT2D eigenvalue weighted by Gasteiger charge is 2.22. The number of aromatic nitrogens is 2. The minimum Gasteiger partial charge on any atom is -0.411 e. The largest absolute Gasteiger partial charge is 0.411 e. The fourth-order valence-electron chi connectivity index (χ4n) is 4.00. The van der Waals surface area contributed by atoms with E-state index < -0.39 is 0 Å². The Morgan fingerprint density at radius 3 is 2.29 bits per heavy atom. The van der Waals surface area contributed by atoms with Gasteiger partial charge in [0, 0.05) is 58.2 Å². The minimum absolute atomic E-state index is 0.0508. The standard InChI is InChI=1S/C27H23BrClN5O3S/c28-20-5-1-19(2-6-20)26(36)34-15-13-33(14-16-34)23-11-9-22(10-12-23)30-24(35)17-38-27-32-31-25(37-27)18-3-7-21(29)8-4-18/h1-12H,13-17H2,(H,30,35). The number of nitrogens with one attached hydrogen (secondary N) is 1. The molecule has 0 radical (unpaired) electrons. The van der Waals surface area contributed by atoms with Crippen molar-refractivity contribution in [1.29, 1.82) is 0 Å². The number of carbonyl (C=O) groups excluding carboxylic acids is 2. The maximum atomic E-state index is 12.8. The van der Waals surface area contributed by atoms with Gasteiger partial charge in [0.25, 0.3) is 11.1 Å². The van der Waals surface area contributed by atoms with Crippen molar-refractivity contribution < 1.29 is 14.0 Å². The van der Waals surface area contributed by atoms with Gasteiger partial charge in [-0.05, 0) is 72.8 Å². The number of nitrogens with zero attached hydrogens (tertiary/aromatic N) is 4. The Bertz CT molecular complexity index is 1410. The Morgan fingerprint density at radius 1 is 0.921 bits per heavy atom. The summed E-state index contributed by atoms with van der Waals surface area (Å²) in [5, 5.41) is 11.9. The fraction of sp³-hybridized carbons (Fsp3) is 0.185. The summed E-state index contributed by atoms with van der Waals surface area (Å²) in [5.74, 6) is 0.390. The van der Waals surface area contributed by atoms with Crippen molar-refractivity contribution in [3.63, 3.8) is 0 Å². The van der Waals surface area contributed by atoms with Crippen molar-refractivity contribution >= 4 is 62.5 Å². The van der Waals surface area contributed by atoms with Crippen molar-refractivity contribution in [1.82, 2.24) is 15.1 Å². The number of carbonyl (C=O) groups is 2. The molecule has 0 bridgehead atoms. The lowest BCUT2D eigenvalue weighted by Crippen LogP contribution is -2.48. The van der Waals surface area contributed by atoms with E-state index in [2.05, 4.69) is 36.3 Å². The van der Waals surface area contributed by atoms with Crippen LogP contribution in [0.15, 0.2) is 86.9 Å². The number of hydrogen-bond acceptors (Lipinski definition) is 7. The van der Waals surface area contributed by atoms with Gasteiger partial charge in [0.15, 0.2) is 0 Å². The summed E-state index contributed by atoms with van der Waals surface area (Å²) in [4.78, 5) is 29.3. The van der Waals surface area contributed by atoms with E-state index in [0.29, 0.717) is 40.5 Å². The lowest BCUT2D eigenvalue weighted by atomic mass is 10.1. The highest BCUT2D eigenvalue weighted by molar-refractivity contribution is 9.10. The van der Waals surface area contributed by atoms with E-state index in [1.807, 2.05) is 53.4 Å². The van der Waals surface area contributed by atoms with Gasteiger partial charge in [-0.1, -0.05) is 39.3 Å². The molecule has 5 rings (SSSR count). The molecule has 1 aromatic heterocycles. The van der Waals surface area contributed by atoms with Gasteiger partial charge in [-0.25, -0.2) is 0 Å². The van der Waals surface area contributed by atoms with Crippen LogP contribution >= 0.6 is 39.3 Å². The number of hydrogen-bond donors (Lipinski definition) is 1. The molecule has 0 atom stereocenters. The minimum atomic E-state index is -0.172. The molecule has 1 N–H and O–H groups in total. The topological polar surface area (TPSA) is 91.6 Å². The Balaban J connectivity index is 1.08. The van der Waals surface area contributed by atoms with Crippen LogP contribution < -0.4 is 10.2 Å². The first-order chi connectivity index (χ1) is 18.4. The Hall–Kier alpha value is -3.34. The molecule has 3 aromatic carbocycles. The molecule has 2 heterocycles. The number of halogens is 2. The van der Waals surface area contributed by atoms with E-state index in [9.17, 15) is 9.59 Å². The average Bonchev–Trinajstić information content (AvgIpc) is 3.42. The quantitative estimate of drug-likeness (QED) is 0.262. The molecular formula is C27H23BrClN5O3S. The Labute approximate surface area is 237 Å². The van der Waals surface area contributed by atoms with E-state index in [0.717, 1.165) is 28.8 Å². The summed E-state index contributed by atoms with van der Waals surface area (Å²) < 4.78 is 6.58. The summed E-state index contributed by atoms with van der Waals surface area (Å²) in [5.41, 5.74) is 3.21. The molecule has 0 saturated carbocycles. The van der Waals surface area contributed by atoms with Crippen LogP contribution in [0.5, 0.6) is 0 Å². The first-order valence-electron chi connectivity index (χ1n) is 11.9. The highest BCUT2D eigenvalue weighted by atomic mass is 79.9. The zero-order valence-corrected chi connectivity index (χ0v) is 23.3. The number of rotatable bonds is 7. The molecule has 1 fully saturated rings. The molecule has 11 heteroatoms. The second-order valence-electron chi connectivity index (χ2n) is 8.55. The smallest absolute Gasteiger partial charge is 0.277 e. The lowest BCUT2D eigenvalue weighted by Gasteiger charge is -2.36. The van der Waals surface area contributed by atoms with Crippen LogP contribution in [0.4, 0.5) is 11.4 Å². The Kier molecular flexibility index (Phi) is 8.31. The van der Waals surface area contributed by atoms with Crippen LogP contribution in [0.1, 0.15) is 10.4 Å². The van der Waals surface area contributed by atoms with Gasteiger partial charge in [0.1, 0.15) is 0 Å². The predicted octanol–water partition coefficient (Wildman–Crippen LogP) is 5.85. The summed E-state index contributed by atoms with van der Waals surface area (Å²) in [6.07, 6.45) is 0. The average molecular weight is 613 g/mol. The van der Waals surface area contributed by atoms with E-state index >= 15 is 0 Å². The molecule has 0 unspecified atom stereocenters. The third kappa shape index (κ3) is 6.56. The van der Waals surface area contributed by atoms with Crippen molar-refractivity contribution in [2.45, 2.75) is 5.22 Å². The second-order valence-corrected chi connectivity index (χ2v) is 10.8. The molecular weight excluding hydrogens is 590 g/mol. The van der Waals surface area contributed by atoms with E-state index in [4.69, 9.17) is 16.0 Å². The highest BCUT2D eigenvalue weighted by Crippen LogP contribution is 2.25. The molecule has 0 spiro atoms. The zero-order valence-electron chi connectivity index (χ0n) is 20.1. The first-order valence-corrected chi connectivity index (χ1v) is 14.0. The van der Waals surface area contributed by atoms with Gasteiger partial charge in [-0.15, -0.1) is 10.2 Å². The number of amides is 2. The number of anilines is 2. The van der Waals surface area contributed by atoms with Gasteiger partial charge in [0.05, 0.1) is 5.75 Å². The number of benzene rings is 3. The molecule has 2 amide bonds. The van der Waals surface area contributed by atoms with Gasteiger partial charge < -0.3 is 19.5 Å². The van der Waals surface area contributed by atoms with Crippen LogP contribution in [0.2, 0.25) is 5.02 Å². The normalized spacial score (nSPS) is 13.4. The molecule has 194 valence electrons. The van der Waals surface area contributed by atoms with Gasteiger partial charge >= 0.3 is 0 Å². The summed E-state index contributed by atoms with van der Waals surface area (Å²) in [6, 6.07) is 22.2. The summed E-state index contributed by atoms with van der Waals surface area (Å²) in [6.45, 7) is 2.79. The van der Waals surface area contributed by atoms with E-state index in [1.54, 1.807) is 24.3 Å². The van der Waals surface area contributed by atoms with Gasteiger partial charge in [0.2, 0.25) is 11.8 Å². The van der Waals surface area contributed by atoms with E-state index in [-0.39, 0.29) is 17.6 Å².